The predicted octanol–water partition coefficient (Wildman–Crippen LogP) is 3.04. The summed E-state index contributed by atoms with van der Waals surface area (Å²) in [4.78, 5) is 0. The van der Waals surface area contributed by atoms with Crippen molar-refractivity contribution in [2.75, 3.05) is 13.2 Å². The van der Waals surface area contributed by atoms with Crippen molar-refractivity contribution in [2.24, 2.45) is 0 Å². The maximum atomic E-state index is 13.2. The molecule has 0 spiro atoms. The van der Waals surface area contributed by atoms with Crippen LogP contribution in [-0.4, -0.2) is 13.2 Å². The monoisotopic (exact) mass is 238 g/mol. The van der Waals surface area contributed by atoms with Crippen molar-refractivity contribution in [3.63, 3.8) is 0 Å². The molecule has 0 aliphatic heterocycles. The van der Waals surface area contributed by atoms with E-state index in [-0.39, 0.29) is 13.2 Å². The van der Waals surface area contributed by atoms with Crippen LogP contribution in [0.5, 0.6) is 11.5 Å². The molecule has 1 aromatic rings. The molecule has 0 radical (unpaired) electrons. The van der Waals surface area contributed by atoms with Gasteiger partial charge in [0, 0.05) is 0 Å². The van der Waals surface area contributed by atoms with Crippen LogP contribution in [0.25, 0.3) is 0 Å². The van der Waals surface area contributed by atoms with Gasteiger partial charge in [0.1, 0.15) is 0 Å². The second kappa shape index (κ2) is 5.05. The maximum absolute atomic E-state index is 13.2. The number of halogens is 4. The van der Waals surface area contributed by atoms with E-state index in [1.807, 2.05) is 0 Å². The molecule has 16 heavy (non-hydrogen) atoms. The topological polar surface area (TPSA) is 18.5 Å². The molecule has 2 nitrogen and oxygen atoms in total. The molecule has 6 heteroatoms. The first-order valence-electron chi connectivity index (χ1n) is 4.66. The van der Waals surface area contributed by atoms with Crippen molar-refractivity contribution in [1.29, 1.82) is 0 Å². The van der Waals surface area contributed by atoms with Crippen LogP contribution in [0.2, 0.25) is 0 Å². The van der Waals surface area contributed by atoms with Gasteiger partial charge in [-0.15, -0.1) is 0 Å². The van der Waals surface area contributed by atoms with E-state index >= 15 is 0 Å². The zero-order valence-corrected chi connectivity index (χ0v) is 8.74. The fourth-order valence-corrected chi connectivity index (χ4v) is 1.13. The zero-order valence-electron chi connectivity index (χ0n) is 8.74. The van der Waals surface area contributed by atoms with Crippen LogP contribution in [-0.2, 0) is 0 Å². The number of rotatable bonds is 4. The lowest BCUT2D eigenvalue weighted by Crippen LogP contribution is -2.07. The van der Waals surface area contributed by atoms with Gasteiger partial charge >= 0.3 is 0 Å². The third kappa shape index (κ3) is 2.05. The summed E-state index contributed by atoms with van der Waals surface area (Å²) in [5.41, 5.74) is 0. The number of hydrogen-bond donors (Lipinski definition) is 0. The van der Waals surface area contributed by atoms with E-state index in [1.54, 1.807) is 0 Å². The molecule has 0 saturated carbocycles. The third-order valence-corrected chi connectivity index (χ3v) is 1.76. The normalized spacial score (nSPS) is 10.4. The van der Waals surface area contributed by atoms with Crippen LogP contribution < -0.4 is 9.47 Å². The molecule has 1 rings (SSSR count). The molecule has 0 saturated heterocycles. The molecule has 0 aromatic heterocycles. The Bertz CT molecular complexity index is 327. The number of ether oxygens (including phenoxy) is 2. The zero-order chi connectivity index (χ0) is 12.3. The Hall–Kier alpha value is -1.46. The van der Waals surface area contributed by atoms with Gasteiger partial charge in [-0.3, -0.25) is 0 Å². The Morgan fingerprint density at radius 1 is 0.688 bits per heavy atom. The van der Waals surface area contributed by atoms with Gasteiger partial charge < -0.3 is 9.47 Å². The molecule has 90 valence electrons. The highest BCUT2D eigenvalue weighted by Gasteiger charge is 2.27. The SMILES string of the molecule is CCOc1c(F)c(F)c(OCC)c(F)c1F. The molecule has 0 aliphatic rings. The molecule has 0 unspecified atom stereocenters. The molecule has 0 amide bonds. The maximum Gasteiger partial charge on any atom is 0.207 e. The van der Waals surface area contributed by atoms with E-state index in [9.17, 15) is 17.6 Å². The van der Waals surface area contributed by atoms with E-state index in [0.29, 0.717) is 0 Å². The number of hydrogen-bond acceptors (Lipinski definition) is 2. The van der Waals surface area contributed by atoms with E-state index in [4.69, 9.17) is 0 Å². The Morgan fingerprint density at radius 2 is 0.938 bits per heavy atom. The van der Waals surface area contributed by atoms with Gasteiger partial charge in [0.2, 0.25) is 23.3 Å². The van der Waals surface area contributed by atoms with Crippen molar-refractivity contribution < 1.29 is 27.0 Å². The van der Waals surface area contributed by atoms with Gasteiger partial charge in [-0.2, -0.15) is 17.6 Å². The van der Waals surface area contributed by atoms with Crippen molar-refractivity contribution in [3.8, 4) is 11.5 Å². The van der Waals surface area contributed by atoms with Crippen LogP contribution in [0.4, 0.5) is 17.6 Å². The second-order valence-electron chi connectivity index (χ2n) is 2.78. The van der Waals surface area contributed by atoms with E-state index in [0.717, 1.165) is 0 Å². The summed E-state index contributed by atoms with van der Waals surface area (Å²) < 4.78 is 61.9. The van der Waals surface area contributed by atoms with Gasteiger partial charge in [0.25, 0.3) is 0 Å². The van der Waals surface area contributed by atoms with E-state index in [2.05, 4.69) is 9.47 Å². The van der Waals surface area contributed by atoms with E-state index < -0.39 is 34.8 Å². The smallest absolute Gasteiger partial charge is 0.207 e. The quantitative estimate of drug-likeness (QED) is 0.593. The summed E-state index contributed by atoms with van der Waals surface area (Å²) in [5.74, 6) is -8.51. The first-order valence-corrected chi connectivity index (χ1v) is 4.66. The Balaban J connectivity index is 3.37. The minimum Gasteiger partial charge on any atom is -0.488 e. The van der Waals surface area contributed by atoms with Crippen LogP contribution in [0.1, 0.15) is 13.8 Å². The largest absolute Gasteiger partial charge is 0.488 e. The fourth-order valence-electron chi connectivity index (χ4n) is 1.13. The van der Waals surface area contributed by atoms with Crippen LogP contribution >= 0.6 is 0 Å². The van der Waals surface area contributed by atoms with Crippen LogP contribution in [0.15, 0.2) is 0 Å². The Morgan fingerprint density at radius 3 is 1.12 bits per heavy atom. The summed E-state index contributed by atoms with van der Waals surface area (Å²) in [6.07, 6.45) is 0. The van der Waals surface area contributed by atoms with Crippen LogP contribution in [0.3, 0.4) is 0 Å². The summed E-state index contributed by atoms with van der Waals surface area (Å²) in [6.45, 7) is 2.65. The predicted molar refractivity (Wildman–Crippen MR) is 48.6 cm³/mol. The molecule has 0 bridgehead atoms. The van der Waals surface area contributed by atoms with Gasteiger partial charge in [0.15, 0.2) is 11.5 Å². The minimum absolute atomic E-state index is 0.110. The van der Waals surface area contributed by atoms with Crippen molar-refractivity contribution in [3.05, 3.63) is 23.3 Å². The fraction of sp³-hybridized carbons (Fsp3) is 0.400. The van der Waals surface area contributed by atoms with Crippen molar-refractivity contribution in [1.82, 2.24) is 0 Å². The molecule has 0 heterocycles. The molecule has 0 fully saturated rings. The van der Waals surface area contributed by atoms with E-state index in [1.165, 1.54) is 13.8 Å². The summed E-state index contributed by atoms with van der Waals surface area (Å²) >= 11 is 0. The second-order valence-corrected chi connectivity index (χ2v) is 2.78. The van der Waals surface area contributed by atoms with Gasteiger partial charge in [-0.1, -0.05) is 0 Å². The highest BCUT2D eigenvalue weighted by atomic mass is 19.2. The molecule has 0 N–H and O–H groups in total. The minimum atomic E-state index is -1.59. The molecule has 0 atom stereocenters. The molecule has 1 aromatic carbocycles. The van der Waals surface area contributed by atoms with Gasteiger partial charge in [0.05, 0.1) is 13.2 Å². The summed E-state index contributed by atoms with van der Waals surface area (Å²) in [7, 11) is 0. The summed E-state index contributed by atoms with van der Waals surface area (Å²) in [6, 6.07) is 0. The third-order valence-electron chi connectivity index (χ3n) is 1.76. The van der Waals surface area contributed by atoms with Crippen molar-refractivity contribution in [2.45, 2.75) is 13.8 Å². The first kappa shape index (κ1) is 12.6. The Labute approximate surface area is 89.8 Å². The molecular weight excluding hydrogens is 228 g/mol. The lowest BCUT2D eigenvalue weighted by Gasteiger charge is -2.11. The Kier molecular flexibility index (Phi) is 3.98. The summed E-state index contributed by atoms with van der Waals surface area (Å²) in [5, 5.41) is 0. The van der Waals surface area contributed by atoms with Crippen molar-refractivity contribution >= 4 is 0 Å². The standard InChI is InChI=1S/C10H10F4O2/c1-3-15-9-5(11)7(13)10(16-4-2)8(14)6(9)12/h3-4H2,1-2H3. The number of benzene rings is 1. The lowest BCUT2D eigenvalue weighted by atomic mass is 10.2. The lowest BCUT2D eigenvalue weighted by molar-refractivity contribution is 0.257. The first-order chi connectivity index (χ1) is 7.54. The van der Waals surface area contributed by atoms with Gasteiger partial charge in [-0.25, -0.2) is 0 Å². The van der Waals surface area contributed by atoms with Gasteiger partial charge in [-0.05, 0) is 13.8 Å². The average molecular weight is 238 g/mol. The average Bonchev–Trinajstić information content (AvgIpc) is 2.28. The molecule has 0 aliphatic carbocycles. The molecular formula is C10H10F4O2. The highest BCUT2D eigenvalue weighted by Crippen LogP contribution is 2.34. The highest BCUT2D eigenvalue weighted by molar-refractivity contribution is 5.38. The van der Waals surface area contributed by atoms with Crippen LogP contribution in [0, 0.1) is 23.3 Å².